The van der Waals surface area contributed by atoms with Crippen molar-refractivity contribution in [2.24, 2.45) is 0 Å². The molecule has 4 rings (SSSR count). The monoisotopic (exact) mass is 289 g/mol. The molecule has 1 amide bonds. The second kappa shape index (κ2) is 4.41. The molecule has 2 aliphatic rings. The van der Waals surface area contributed by atoms with Gasteiger partial charge in [-0.1, -0.05) is 48.5 Å². The average Bonchev–Trinajstić information content (AvgIpc) is 2.96. The molecule has 1 N–H and O–H groups in total. The lowest BCUT2D eigenvalue weighted by atomic mass is 9.73. The zero-order chi connectivity index (χ0) is 15.3. The second-order valence-electron chi connectivity index (χ2n) is 5.87. The van der Waals surface area contributed by atoms with Gasteiger partial charge >= 0.3 is 0 Å². The third-order valence-corrected chi connectivity index (χ3v) is 4.73. The fourth-order valence-corrected chi connectivity index (χ4v) is 3.73. The van der Waals surface area contributed by atoms with Gasteiger partial charge in [0.2, 0.25) is 5.91 Å². The number of carbonyl (C=O) groups excluding carboxylic acids is 2. The van der Waals surface area contributed by atoms with Crippen LogP contribution < -0.4 is 5.32 Å². The number of nitrogens with one attached hydrogen (secondary N) is 1. The van der Waals surface area contributed by atoms with Crippen molar-refractivity contribution in [1.82, 2.24) is 0 Å². The molecule has 1 atom stereocenters. The molecule has 0 aromatic heterocycles. The number of amides is 1. The van der Waals surface area contributed by atoms with Crippen LogP contribution in [0.2, 0.25) is 0 Å². The summed E-state index contributed by atoms with van der Waals surface area (Å²) >= 11 is 0. The van der Waals surface area contributed by atoms with Gasteiger partial charge in [0.1, 0.15) is 5.41 Å². The van der Waals surface area contributed by atoms with Gasteiger partial charge in [-0.2, -0.15) is 0 Å². The van der Waals surface area contributed by atoms with Crippen molar-refractivity contribution >= 4 is 23.0 Å². The summed E-state index contributed by atoms with van der Waals surface area (Å²) in [5, 5.41) is 2.95. The molecule has 2 aromatic carbocycles. The smallest absolute Gasteiger partial charge is 0.240 e. The molecule has 2 aromatic rings. The van der Waals surface area contributed by atoms with Crippen molar-refractivity contribution in [3.8, 4) is 0 Å². The fraction of sp³-hybridized carbons (Fsp3) is 0.158. The highest BCUT2D eigenvalue weighted by Crippen LogP contribution is 2.54. The SMILES string of the molecule is CC1=C(c2ccccc2)C2(CC1=O)C(=O)Nc1ccccc12. The molecule has 3 nitrogen and oxygen atoms in total. The average molecular weight is 289 g/mol. The number of benzene rings is 2. The Balaban J connectivity index is 2.03. The molecule has 1 spiro atoms. The van der Waals surface area contributed by atoms with Crippen LogP contribution in [-0.2, 0) is 15.0 Å². The Bertz CT molecular complexity index is 836. The number of ketones is 1. The van der Waals surface area contributed by atoms with E-state index in [0.717, 1.165) is 22.4 Å². The summed E-state index contributed by atoms with van der Waals surface area (Å²) in [6.07, 6.45) is 0.214. The van der Waals surface area contributed by atoms with Gasteiger partial charge in [-0.25, -0.2) is 0 Å². The molecule has 108 valence electrons. The van der Waals surface area contributed by atoms with Gasteiger partial charge in [-0.3, -0.25) is 9.59 Å². The summed E-state index contributed by atoms with van der Waals surface area (Å²) in [4.78, 5) is 25.3. The van der Waals surface area contributed by atoms with Crippen molar-refractivity contribution in [3.05, 3.63) is 71.3 Å². The summed E-state index contributed by atoms with van der Waals surface area (Å²) in [5.41, 5.74) is 3.32. The van der Waals surface area contributed by atoms with E-state index in [1.165, 1.54) is 0 Å². The molecule has 0 fully saturated rings. The number of allylic oxidation sites excluding steroid dienone is 1. The van der Waals surface area contributed by atoms with Gasteiger partial charge in [0.15, 0.2) is 5.78 Å². The Kier molecular flexibility index (Phi) is 2.61. The summed E-state index contributed by atoms with van der Waals surface area (Å²) in [5.74, 6) is -0.0524. The van der Waals surface area contributed by atoms with Crippen molar-refractivity contribution < 1.29 is 9.59 Å². The fourth-order valence-electron chi connectivity index (χ4n) is 3.73. The Morgan fingerprint density at radius 2 is 1.64 bits per heavy atom. The van der Waals surface area contributed by atoms with Crippen LogP contribution in [0.5, 0.6) is 0 Å². The molecule has 0 radical (unpaired) electrons. The predicted octanol–water partition coefficient (Wildman–Crippen LogP) is 3.32. The molecule has 22 heavy (non-hydrogen) atoms. The quantitative estimate of drug-likeness (QED) is 0.875. The van der Waals surface area contributed by atoms with E-state index < -0.39 is 5.41 Å². The predicted molar refractivity (Wildman–Crippen MR) is 85.4 cm³/mol. The van der Waals surface area contributed by atoms with Crippen molar-refractivity contribution in [3.63, 3.8) is 0 Å². The van der Waals surface area contributed by atoms with E-state index in [9.17, 15) is 9.59 Å². The van der Waals surface area contributed by atoms with Crippen molar-refractivity contribution in [1.29, 1.82) is 0 Å². The molecule has 3 heteroatoms. The van der Waals surface area contributed by atoms with Gasteiger partial charge in [-0.05, 0) is 35.3 Å². The van der Waals surface area contributed by atoms with E-state index in [4.69, 9.17) is 0 Å². The van der Waals surface area contributed by atoms with Gasteiger partial charge in [-0.15, -0.1) is 0 Å². The Labute approximate surface area is 128 Å². The maximum absolute atomic E-state index is 12.8. The van der Waals surface area contributed by atoms with E-state index in [1.54, 1.807) is 0 Å². The first-order chi connectivity index (χ1) is 10.6. The summed E-state index contributed by atoms with van der Waals surface area (Å²) in [7, 11) is 0. The van der Waals surface area contributed by atoms with Crippen LogP contribution in [0.4, 0.5) is 5.69 Å². The number of para-hydroxylation sites is 1. The molecular weight excluding hydrogens is 274 g/mol. The summed E-state index contributed by atoms with van der Waals surface area (Å²) in [6.45, 7) is 1.83. The number of fused-ring (bicyclic) bond motifs is 2. The van der Waals surface area contributed by atoms with Crippen LogP contribution in [0.25, 0.3) is 5.57 Å². The first-order valence-electron chi connectivity index (χ1n) is 7.35. The van der Waals surface area contributed by atoms with E-state index in [0.29, 0.717) is 5.57 Å². The minimum atomic E-state index is -0.876. The number of anilines is 1. The maximum Gasteiger partial charge on any atom is 0.240 e. The maximum atomic E-state index is 12.8. The molecule has 0 saturated carbocycles. The van der Waals surface area contributed by atoms with Gasteiger partial charge in [0.05, 0.1) is 0 Å². The number of Topliss-reactive ketones (excluding diaryl/α,β-unsaturated/α-hetero) is 1. The highest BCUT2D eigenvalue weighted by atomic mass is 16.2. The van der Waals surface area contributed by atoms with Crippen LogP contribution in [0.1, 0.15) is 24.5 Å². The lowest BCUT2D eigenvalue weighted by Gasteiger charge is -2.25. The number of hydrogen-bond acceptors (Lipinski definition) is 2. The van der Waals surface area contributed by atoms with Crippen LogP contribution in [0, 0.1) is 0 Å². The molecule has 0 bridgehead atoms. The zero-order valence-electron chi connectivity index (χ0n) is 12.2. The summed E-state index contributed by atoms with van der Waals surface area (Å²) in [6, 6.07) is 17.4. The lowest BCUT2D eigenvalue weighted by Crippen LogP contribution is -2.34. The Morgan fingerprint density at radius 1 is 0.955 bits per heavy atom. The highest BCUT2D eigenvalue weighted by Gasteiger charge is 2.55. The van der Waals surface area contributed by atoms with Crippen molar-refractivity contribution in [2.45, 2.75) is 18.8 Å². The van der Waals surface area contributed by atoms with Crippen LogP contribution in [-0.4, -0.2) is 11.7 Å². The third-order valence-electron chi connectivity index (χ3n) is 4.73. The molecule has 1 aliphatic heterocycles. The van der Waals surface area contributed by atoms with Gasteiger partial charge in [0.25, 0.3) is 0 Å². The number of carbonyl (C=O) groups is 2. The van der Waals surface area contributed by atoms with E-state index in [2.05, 4.69) is 5.32 Å². The first-order valence-corrected chi connectivity index (χ1v) is 7.35. The molecule has 1 heterocycles. The van der Waals surface area contributed by atoms with Crippen molar-refractivity contribution in [2.75, 3.05) is 5.32 Å². The van der Waals surface area contributed by atoms with Crippen LogP contribution in [0.15, 0.2) is 60.2 Å². The molecule has 1 unspecified atom stereocenters. The third kappa shape index (κ3) is 1.51. The lowest BCUT2D eigenvalue weighted by molar-refractivity contribution is -0.122. The Morgan fingerprint density at radius 3 is 2.41 bits per heavy atom. The van der Waals surface area contributed by atoms with Gasteiger partial charge in [0, 0.05) is 12.1 Å². The first kappa shape index (κ1) is 13.0. The minimum absolute atomic E-state index is 0.0470. The van der Waals surface area contributed by atoms with Crippen LogP contribution >= 0.6 is 0 Å². The Hall–Kier alpha value is -2.68. The van der Waals surface area contributed by atoms with Gasteiger partial charge < -0.3 is 5.32 Å². The zero-order valence-corrected chi connectivity index (χ0v) is 12.2. The number of hydrogen-bond donors (Lipinski definition) is 1. The molecule has 1 aliphatic carbocycles. The minimum Gasteiger partial charge on any atom is -0.325 e. The van der Waals surface area contributed by atoms with E-state index in [-0.39, 0.29) is 18.1 Å². The number of rotatable bonds is 1. The summed E-state index contributed by atoms with van der Waals surface area (Å²) < 4.78 is 0. The standard InChI is InChI=1S/C19H15NO2/c1-12-16(21)11-19(17(12)13-7-3-2-4-8-13)14-9-5-6-10-15(14)20-18(19)22/h2-10H,11H2,1H3,(H,20,22). The molecular formula is C19H15NO2. The largest absolute Gasteiger partial charge is 0.325 e. The molecule has 0 saturated heterocycles. The normalized spacial score (nSPS) is 23.1. The van der Waals surface area contributed by atoms with E-state index >= 15 is 0 Å². The second-order valence-corrected chi connectivity index (χ2v) is 5.87. The highest BCUT2D eigenvalue weighted by molar-refractivity contribution is 6.24. The topological polar surface area (TPSA) is 46.2 Å². The van der Waals surface area contributed by atoms with Crippen LogP contribution in [0.3, 0.4) is 0 Å². The van der Waals surface area contributed by atoms with E-state index in [1.807, 2.05) is 61.5 Å².